The minimum atomic E-state index is -0.302. The van der Waals surface area contributed by atoms with E-state index < -0.39 is 0 Å². The number of tetrazole rings is 1. The fourth-order valence-corrected chi connectivity index (χ4v) is 1.75. The first-order chi connectivity index (χ1) is 6.75. The lowest BCUT2D eigenvalue weighted by atomic mass is 10.4. The highest BCUT2D eigenvalue weighted by atomic mass is 35.5. The molecule has 1 amide bonds. The van der Waals surface area contributed by atoms with Crippen LogP contribution in [-0.4, -0.2) is 26.5 Å². The molecular weight excluding hydrogens is 226 g/mol. The predicted molar refractivity (Wildman–Crippen MR) is 51.5 cm³/mol. The van der Waals surface area contributed by atoms with E-state index in [2.05, 4.69) is 25.9 Å². The number of hydrogen-bond donors (Lipinski definition) is 2. The van der Waals surface area contributed by atoms with Gasteiger partial charge in [0.05, 0.1) is 9.21 Å². The van der Waals surface area contributed by atoms with E-state index in [0.29, 0.717) is 9.21 Å². The minimum Gasteiger partial charge on any atom is -0.287 e. The molecule has 0 atom stereocenters. The lowest BCUT2D eigenvalue weighted by molar-refractivity contribution is 0.102. The molecule has 2 aromatic heterocycles. The van der Waals surface area contributed by atoms with Gasteiger partial charge in [-0.05, 0) is 17.3 Å². The second-order valence-corrected chi connectivity index (χ2v) is 4.01. The normalized spacial score (nSPS) is 10.1. The van der Waals surface area contributed by atoms with Crippen LogP contribution in [0.2, 0.25) is 4.34 Å². The molecule has 8 heteroatoms. The second-order valence-electron chi connectivity index (χ2n) is 2.29. The van der Waals surface area contributed by atoms with Gasteiger partial charge in [0.1, 0.15) is 0 Å². The lowest BCUT2D eigenvalue weighted by Crippen LogP contribution is -2.11. The summed E-state index contributed by atoms with van der Waals surface area (Å²) in [7, 11) is 0. The van der Waals surface area contributed by atoms with Gasteiger partial charge in [0, 0.05) is 0 Å². The van der Waals surface area contributed by atoms with Crippen molar-refractivity contribution >= 4 is 34.8 Å². The van der Waals surface area contributed by atoms with Crippen LogP contribution in [0.15, 0.2) is 12.1 Å². The summed E-state index contributed by atoms with van der Waals surface area (Å²) in [5.74, 6) is -0.164. The van der Waals surface area contributed by atoms with Crippen LogP contribution in [0.5, 0.6) is 0 Å². The SMILES string of the molecule is O=C(Nc1nn[nH]n1)c1ccc(Cl)s1. The Kier molecular flexibility index (Phi) is 2.42. The molecule has 0 aliphatic heterocycles. The Bertz CT molecular complexity index is 439. The Morgan fingerprint density at radius 3 is 3.00 bits per heavy atom. The van der Waals surface area contributed by atoms with Crippen LogP contribution in [0.4, 0.5) is 5.95 Å². The van der Waals surface area contributed by atoms with Crippen LogP contribution in [0.1, 0.15) is 9.67 Å². The highest BCUT2D eigenvalue weighted by Crippen LogP contribution is 2.21. The Balaban J connectivity index is 2.10. The molecule has 14 heavy (non-hydrogen) atoms. The van der Waals surface area contributed by atoms with E-state index in [4.69, 9.17) is 11.6 Å². The third-order valence-corrected chi connectivity index (χ3v) is 2.60. The molecule has 0 fully saturated rings. The predicted octanol–water partition coefficient (Wildman–Crippen LogP) is 1.17. The van der Waals surface area contributed by atoms with Gasteiger partial charge in [-0.2, -0.15) is 5.21 Å². The molecule has 2 heterocycles. The Labute approximate surface area is 87.3 Å². The minimum absolute atomic E-state index is 0.138. The number of nitrogens with zero attached hydrogens (tertiary/aromatic N) is 3. The van der Waals surface area contributed by atoms with Crippen LogP contribution in [0, 0.1) is 0 Å². The Morgan fingerprint density at radius 1 is 1.57 bits per heavy atom. The first-order valence-electron chi connectivity index (χ1n) is 3.56. The molecule has 0 bridgehead atoms. The van der Waals surface area contributed by atoms with E-state index in [1.54, 1.807) is 12.1 Å². The zero-order valence-corrected chi connectivity index (χ0v) is 8.26. The Hall–Kier alpha value is -1.47. The van der Waals surface area contributed by atoms with Gasteiger partial charge in [-0.3, -0.25) is 10.1 Å². The number of halogens is 1. The van der Waals surface area contributed by atoms with E-state index in [1.807, 2.05) is 0 Å². The quantitative estimate of drug-likeness (QED) is 0.810. The van der Waals surface area contributed by atoms with Gasteiger partial charge in [0.2, 0.25) is 0 Å². The topological polar surface area (TPSA) is 83.6 Å². The van der Waals surface area contributed by atoms with Crippen molar-refractivity contribution in [3.8, 4) is 0 Å². The molecule has 0 spiro atoms. The highest BCUT2D eigenvalue weighted by molar-refractivity contribution is 7.18. The van der Waals surface area contributed by atoms with Gasteiger partial charge >= 0.3 is 0 Å². The van der Waals surface area contributed by atoms with Crippen molar-refractivity contribution in [2.24, 2.45) is 0 Å². The second kappa shape index (κ2) is 3.72. The number of hydrogen-bond acceptors (Lipinski definition) is 5. The average molecular weight is 230 g/mol. The lowest BCUT2D eigenvalue weighted by Gasteiger charge is -1.94. The number of amides is 1. The first kappa shape index (κ1) is 9.10. The van der Waals surface area contributed by atoms with Gasteiger partial charge in [0.25, 0.3) is 11.9 Å². The number of carbonyl (C=O) groups excluding carboxylic acids is 1. The van der Waals surface area contributed by atoms with Crippen molar-refractivity contribution in [3.63, 3.8) is 0 Å². The van der Waals surface area contributed by atoms with Gasteiger partial charge in [-0.15, -0.1) is 16.4 Å². The van der Waals surface area contributed by atoms with E-state index in [9.17, 15) is 4.79 Å². The summed E-state index contributed by atoms with van der Waals surface area (Å²) in [6.45, 7) is 0. The number of thiophene rings is 1. The molecule has 0 aliphatic rings. The molecule has 72 valence electrons. The van der Waals surface area contributed by atoms with Gasteiger partial charge in [-0.1, -0.05) is 16.7 Å². The first-order valence-corrected chi connectivity index (χ1v) is 4.75. The third-order valence-electron chi connectivity index (χ3n) is 1.37. The molecular formula is C6H4ClN5OS. The zero-order valence-electron chi connectivity index (χ0n) is 6.69. The summed E-state index contributed by atoms with van der Waals surface area (Å²) < 4.78 is 0.559. The number of H-pyrrole nitrogens is 1. The van der Waals surface area contributed by atoms with E-state index >= 15 is 0 Å². The van der Waals surface area contributed by atoms with Crippen molar-refractivity contribution in [1.29, 1.82) is 0 Å². The smallest absolute Gasteiger partial charge is 0.270 e. The molecule has 2 N–H and O–H groups in total. The summed E-state index contributed by atoms with van der Waals surface area (Å²) in [4.78, 5) is 11.9. The van der Waals surface area contributed by atoms with Crippen LogP contribution in [-0.2, 0) is 0 Å². The maximum absolute atomic E-state index is 11.4. The van der Waals surface area contributed by atoms with Gasteiger partial charge < -0.3 is 0 Å². The molecule has 6 nitrogen and oxygen atoms in total. The number of carbonyl (C=O) groups is 1. The van der Waals surface area contributed by atoms with Crippen LogP contribution < -0.4 is 5.32 Å². The number of aromatic nitrogens is 4. The third kappa shape index (κ3) is 1.88. The van der Waals surface area contributed by atoms with Crippen molar-refractivity contribution in [3.05, 3.63) is 21.3 Å². The van der Waals surface area contributed by atoms with E-state index in [-0.39, 0.29) is 11.9 Å². The molecule has 0 saturated carbocycles. The Morgan fingerprint density at radius 2 is 2.43 bits per heavy atom. The van der Waals surface area contributed by atoms with Crippen molar-refractivity contribution < 1.29 is 4.79 Å². The zero-order chi connectivity index (χ0) is 9.97. The van der Waals surface area contributed by atoms with Gasteiger partial charge in [-0.25, -0.2) is 0 Å². The van der Waals surface area contributed by atoms with E-state index in [1.165, 1.54) is 11.3 Å². The number of anilines is 1. The molecule has 0 saturated heterocycles. The highest BCUT2D eigenvalue weighted by Gasteiger charge is 2.10. The standard InChI is InChI=1S/C6H4ClN5OS/c7-4-2-1-3(14-4)5(13)8-6-9-11-12-10-6/h1-2H,(H2,8,9,10,11,12,13). The van der Waals surface area contributed by atoms with Crippen LogP contribution >= 0.6 is 22.9 Å². The fraction of sp³-hybridized carbons (Fsp3) is 0. The summed E-state index contributed by atoms with van der Waals surface area (Å²) in [5.41, 5.74) is 0. The monoisotopic (exact) mass is 229 g/mol. The van der Waals surface area contributed by atoms with E-state index in [0.717, 1.165) is 0 Å². The van der Waals surface area contributed by atoms with Crippen LogP contribution in [0.25, 0.3) is 0 Å². The summed E-state index contributed by atoms with van der Waals surface area (Å²) >= 11 is 6.86. The number of nitrogens with one attached hydrogen (secondary N) is 2. The van der Waals surface area contributed by atoms with Crippen molar-refractivity contribution in [1.82, 2.24) is 20.6 Å². The molecule has 2 rings (SSSR count). The van der Waals surface area contributed by atoms with Crippen molar-refractivity contribution in [2.45, 2.75) is 0 Å². The van der Waals surface area contributed by atoms with Crippen molar-refractivity contribution in [2.75, 3.05) is 5.32 Å². The number of aromatic amines is 1. The van der Waals surface area contributed by atoms with Gasteiger partial charge in [0.15, 0.2) is 0 Å². The molecule has 0 radical (unpaired) electrons. The number of rotatable bonds is 2. The molecule has 0 unspecified atom stereocenters. The maximum atomic E-state index is 11.4. The average Bonchev–Trinajstić information content (AvgIpc) is 2.75. The maximum Gasteiger partial charge on any atom is 0.270 e. The van der Waals surface area contributed by atoms with Crippen LogP contribution in [0.3, 0.4) is 0 Å². The fourth-order valence-electron chi connectivity index (χ4n) is 0.814. The summed E-state index contributed by atoms with van der Waals surface area (Å²) in [6.07, 6.45) is 0. The summed E-state index contributed by atoms with van der Waals surface area (Å²) in [6, 6.07) is 3.28. The molecule has 0 aromatic carbocycles. The largest absolute Gasteiger partial charge is 0.287 e. The molecule has 0 aliphatic carbocycles. The summed E-state index contributed by atoms with van der Waals surface area (Å²) in [5, 5.41) is 15.1. The molecule has 2 aromatic rings.